The molecule has 1 atom stereocenters. The number of thiocarbonyl (C=S) groups is 1. The van der Waals surface area contributed by atoms with E-state index in [4.69, 9.17) is 18.0 Å². The van der Waals surface area contributed by atoms with E-state index in [0.717, 1.165) is 25.3 Å². The number of hydrogen-bond donors (Lipinski definition) is 1. The fourth-order valence-corrected chi connectivity index (χ4v) is 2.67. The molecule has 1 aromatic heterocycles. The summed E-state index contributed by atoms with van der Waals surface area (Å²) < 4.78 is 38.6. The molecule has 0 aliphatic carbocycles. The quantitative estimate of drug-likeness (QED) is 0.849. The van der Waals surface area contributed by atoms with E-state index < -0.39 is 11.9 Å². The van der Waals surface area contributed by atoms with Crippen molar-refractivity contribution >= 4 is 23.0 Å². The van der Waals surface area contributed by atoms with E-state index in [1.807, 2.05) is 4.90 Å². The van der Waals surface area contributed by atoms with Crippen molar-refractivity contribution in [2.75, 3.05) is 18.0 Å². The van der Waals surface area contributed by atoms with Gasteiger partial charge >= 0.3 is 6.18 Å². The first-order valence-electron chi connectivity index (χ1n) is 6.92. The van der Waals surface area contributed by atoms with Crippen LogP contribution in [0.15, 0.2) is 12.1 Å². The van der Waals surface area contributed by atoms with Gasteiger partial charge in [-0.3, -0.25) is 0 Å². The van der Waals surface area contributed by atoms with Crippen molar-refractivity contribution < 1.29 is 13.2 Å². The number of pyridine rings is 1. The summed E-state index contributed by atoms with van der Waals surface area (Å²) in [6.07, 6.45) is -1.55. The molecule has 3 nitrogen and oxygen atoms in total. The van der Waals surface area contributed by atoms with Gasteiger partial charge in [0.05, 0.1) is 5.56 Å². The highest BCUT2D eigenvalue weighted by molar-refractivity contribution is 7.80. The molecule has 1 saturated heterocycles. The molecule has 0 bridgehead atoms. The Hall–Kier alpha value is -1.37. The standard InChI is InChI=1S/C14H18F3N3S/c1-9-3-2-7-20(8-6-9)13-10(12(18)21)4-5-11(19-13)14(15,16)17/h4-5,9H,2-3,6-8H2,1H3,(H2,18,21). The third kappa shape index (κ3) is 3.84. The van der Waals surface area contributed by atoms with Gasteiger partial charge in [-0.2, -0.15) is 13.2 Å². The molecule has 1 aromatic rings. The predicted molar refractivity (Wildman–Crippen MR) is 80.4 cm³/mol. The Balaban J connectivity index is 2.40. The zero-order valence-corrected chi connectivity index (χ0v) is 12.6. The van der Waals surface area contributed by atoms with E-state index >= 15 is 0 Å². The molecule has 0 spiro atoms. The minimum atomic E-state index is -4.47. The van der Waals surface area contributed by atoms with Crippen LogP contribution < -0.4 is 10.6 Å². The van der Waals surface area contributed by atoms with Crippen molar-refractivity contribution in [1.29, 1.82) is 0 Å². The van der Waals surface area contributed by atoms with Crippen molar-refractivity contribution in [3.8, 4) is 0 Å². The Bertz CT molecular complexity index is 531. The molecule has 0 radical (unpaired) electrons. The zero-order chi connectivity index (χ0) is 15.6. The van der Waals surface area contributed by atoms with Crippen molar-refractivity contribution in [3.05, 3.63) is 23.4 Å². The highest BCUT2D eigenvalue weighted by Crippen LogP contribution is 2.31. The molecule has 1 aliphatic rings. The predicted octanol–water partition coefficient (Wildman–Crippen LogP) is 3.36. The number of halogens is 3. The average molecular weight is 317 g/mol. The van der Waals surface area contributed by atoms with Gasteiger partial charge in [0.2, 0.25) is 0 Å². The maximum atomic E-state index is 12.9. The molecule has 2 rings (SSSR count). The van der Waals surface area contributed by atoms with E-state index in [1.54, 1.807) is 0 Å². The molecule has 1 aliphatic heterocycles. The van der Waals surface area contributed by atoms with Gasteiger partial charge < -0.3 is 10.6 Å². The maximum absolute atomic E-state index is 12.9. The number of nitrogens with zero attached hydrogens (tertiary/aromatic N) is 2. The number of nitrogens with two attached hydrogens (primary N) is 1. The lowest BCUT2D eigenvalue weighted by molar-refractivity contribution is -0.141. The number of anilines is 1. The molecule has 0 amide bonds. The van der Waals surface area contributed by atoms with Crippen LogP contribution in [0.25, 0.3) is 0 Å². The van der Waals surface area contributed by atoms with E-state index in [-0.39, 0.29) is 10.8 Å². The van der Waals surface area contributed by atoms with E-state index in [1.165, 1.54) is 6.07 Å². The SMILES string of the molecule is CC1CCCN(c2nc(C(F)(F)F)ccc2C(N)=S)CC1. The molecular weight excluding hydrogens is 299 g/mol. The first-order valence-corrected chi connectivity index (χ1v) is 7.33. The van der Waals surface area contributed by atoms with Crippen molar-refractivity contribution in [2.45, 2.75) is 32.4 Å². The Kier molecular flexibility index (Phi) is 4.70. The summed E-state index contributed by atoms with van der Waals surface area (Å²) in [7, 11) is 0. The van der Waals surface area contributed by atoms with Crippen LogP contribution >= 0.6 is 12.2 Å². The lowest BCUT2D eigenvalue weighted by atomic mass is 10.0. The van der Waals surface area contributed by atoms with E-state index in [2.05, 4.69) is 11.9 Å². The number of aromatic nitrogens is 1. The summed E-state index contributed by atoms with van der Waals surface area (Å²) in [4.78, 5) is 5.73. The van der Waals surface area contributed by atoms with Crippen LogP contribution in [0.4, 0.5) is 19.0 Å². The van der Waals surface area contributed by atoms with Gasteiger partial charge in [0.15, 0.2) is 0 Å². The Morgan fingerprint density at radius 1 is 1.33 bits per heavy atom. The Morgan fingerprint density at radius 3 is 2.67 bits per heavy atom. The second-order valence-corrected chi connectivity index (χ2v) is 5.89. The summed E-state index contributed by atoms with van der Waals surface area (Å²) in [5.74, 6) is 0.820. The van der Waals surface area contributed by atoms with Gasteiger partial charge in [-0.25, -0.2) is 4.98 Å². The van der Waals surface area contributed by atoms with Crippen molar-refractivity contribution in [2.24, 2.45) is 11.7 Å². The molecule has 2 N–H and O–H groups in total. The summed E-state index contributed by atoms with van der Waals surface area (Å²) in [5, 5.41) is 0. The fraction of sp³-hybridized carbons (Fsp3) is 0.571. The summed E-state index contributed by atoms with van der Waals surface area (Å²) >= 11 is 4.94. The van der Waals surface area contributed by atoms with Gasteiger partial charge in [0.25, 0.3) is 0 Å². The third-order valence-electron chi connectivity index (χ3n) is 3.75. The van der Waals surface area contributed by atoms with Crippen LogP contribution in [-0.4, -0.2) is 23.1 Å². The molecular formula is C14H18F3N3S. The highest BCUT2D eigenvalue weighted by Gasteiger charge is 2.34. The molecule has 0 aromatic carbocycles. The summed E-state index contributed by atoms with van der Waals surface area (Å²) in [6, 6.07) is 2.25. The highest BCUT2D eigenvalue weighted by atomic mass is 32.1. The molecule has 116 valence electrons. The summed E-state index contributed by atoms with van der Waals surface area (Å²) in [6.45, 7) is 3.50. The van der Waals surface area contributed by atoms with E-state index in [0.29, 0.717) is 24.6 Å². The maximum Gasteiger partial charge on any atom is 0.433 e. The normalized spacial score (nSPS) is 20.2. The average Bonchev–Trinajstić information content (AvgIpc) is 2.61. The third-order valence-corrected chi connectivity index (χ3v) is 3.97. The summed E-state index contributed by atoms with van der Waals surface area (Å²) in [5.41, 5.74) is 5.13. The van der Waals surface area contributed by atoms with Crippen LogP contribution in [0.5, 0.6) is 0 Å². The Morgan fingerprint density at radius 2 is 2.05 bits per heavy atom. The molecule has 0 saturated carbocycles. The molecule has 1 unspecified atom stereocenters. The van der Waals surface area contributed by atoms with E-state index in [9.17, 15) is 13.2 Å². The second-order valence-electron chi connectivity index (χ2n) is 5.45. The van der Waals surface area contributed by atoms with Gasteiger partial charge in [0, 0.05) is 13.1 Å². The second kappa shape index (κ2) is 6.17. The van der Waals surface area contributed by atoms with Crippen LogP contribution in [0, 0.1) is 5.92 Å². The van der Waals surface area contributed by atoms with Crippen LogP contribution in [-0.2, 0) is 6.18 Å². The molecule has 21 heavy (non-hydrogen) atoms. The number of rotatable bonds is 2. The van der Waals surface area contributed by atoms with Crippen molar-refractivity contribution in [3.63, 3.8) is 0 Å². The van der Waals surface area contributed by atoms with Crippen molar-refractivity contribution in [1.82, 2.24) is 4.98 Å². The lowest BCUT2D eigenvalue weighted by Gasteiger charge is -2.25. The van der Waals surface area contributed by atoms with Gasteiger partial charge in [0.1, 0.15) is 16.5 Å². The number of hydrogen-bond acceptors (Lipinski definition) is 3. The lowest BCUT2D eigenvalue weighted by Crippen LogP contribution is -2.29. The topological polar surface area (TPSA) is 42.2 Å². The minimum Gasteiger partial charge on any atom is -0.389 e. The van der Waals surface area contributed by atoms with Crippen LogP contribution in [0.3, 0.4) is 0 Å². The number of alkyl halides is 3. The van der Waals surface area contributed by atoms with Crippen LogP contribution in [0.2, 0.25) is 0 Å². The first-order chi connectivity index (χ1) is 9.79. The molecule has 1 fully saturated rings. The smallest absolute Gasteiger partial charge is 0.389 e. The van der Waals surface area contributed by atoms with Gasteiger partial charge in [-0.15, -0.1) is 0 Å². The monoisotopic (exact) mass is 317 g/mol. The molecule has 7 heteroatoms. The van der Waals surface area contributed by atoms with Gasteiger partial charge in [-0.1, -0.05) is 19.1 Å². The fourth-order valence-electron chi connectivity index (χ4n) is 2.51. The Labute approximate surface area is 127 Å². The first kappa shape index (κ1) is 16.0. The molecule has 2 heterocycles. The zero-order valence-electron chi connectivity index (χ0n) is 11.8. The minimum absolute atomic E-state index is 0.0727. The largest absolute Gasteiger partial charge is 0.433 e. The van der Waals surface area contributed by atoms with Crippen LogP contribution in [0.1, 0.15) is 37.4 Å². The van der Waals surface area contributed by atoms with Gasteiger partial charge in [-0.05, 0) is 37.3 Å².